The number of carbonyl (C=O) groups is 2. The molecule has 1 N–H and O–H groups in total. The van der Waals surface area contributed by atoms with E-state index in [1.807, 2.05) is 45.0 Å². The highest BCUT2D eigenvalue weighted by molar-refractivity contribution is 5.80. The second-order valence-corrected chi connectivity index (χ2v) is 5.73. The summed E-state index contributed by atoms with van der Waals surface area (Å²) in [5, 5.41) is 2.89. The normalized spacial score (nSPS) is 12.4. The minimum atomic E-state index is -0.321. The molecule has 0 bridgehead atoms. The molecular formula is C17H23N3O3. The zero-order valence-electron chi connectivity index (χ0n) is 14.0. The number of hydrogen-bond donors (Lipinski definition) is 1. The lowest BCUT2D eigenvalue weighted by atomic mass is 10.3. The van der Waals surface area contributed by atoms with Gasteiger partial charge in [-0.1, -0.05) is 19.1 Å². The second-order valence-electron chi connectivity index (χ2n) is 5.73. The number of aromatic nitrogens is 2. The van der Waals surface area contributed by atoms with E-state index in [0.717, 1.165) is 11.0 Å². The maximum absolute atomic E-state index is 12.1. The predicted octanol–water partition coefficient (Wildman–Crippen LogP) is 2.58. The fraction of sp³-hybridized carbons (Fsp3) is 0.471. The van der Waals surface area contributed by atoms with Crippen molar-refractivity contribution in [1.29, 1.82) is 0 Å². The second kappa shape index (κ2) is 7.26. The molecular weight excluding hydrogens is 294 g/mol. The third-order valence-corrected chi connectivity index (χ3v) is 3.42. The van der Waals surface area contributed by atoms with E-state index in [0.29, 0.717) is 12.2 Å². The monoisotopic (exact) mass is 317 g/mol. The Morgan fingerprint density at radius 2 is 1.96 bits per heavy atom. The summed E-state index contributed by atoms with van der Waals surface area (Å²) < 4.78 is 7.04. The summed E-state index contributed by atoms with van der Waals surface area (Å²) in [5.74, 6) is 0.271. The molecule has 6 heteroatoms. The van der Waals surface area contributed by atoms with Crippen molar-refractivity contribution in [1.82, 2.24) is 14.9 Å². The highest BCUT2D eigenvalue weighted by Gasteiger charge is 2.20. The Kier molecular flexibility index (Phi) is 5.36. The summed E-state index contributed by atoms with van der Waals surface area (Å²) >= 11 is 0. The summed E-state index contributed by atoms with van der Waals surface area (Å²) in [7, 11) is 0. The van der Waals surface area contributed by atoms with E-state index in [2.05, 4.69) is 10.3 Å². The first-order chi connectivity index (χ1) is 10.9. The Hall–Kier alpha value is -2.37. The van der Waals surface area contributed by atoms with E-state index in [-0.39, 0.29) is 30.6 Å². The first kappa shape index (κ1) is 17.0. The van der Waals surface area contributed by atoms with Crippen LogP contribution in [0.1, 0.15) is 46.0 Å². The smallest absolute Gasteiger partial charge is 0.326 e. The van der Waals surface area contributed by atoms with Crippen LogP contribution in [0, 0.1) is 0 Å². The molecule has 0 aliphatic carbocycles. The molecule has 1 aromatic carbocycles. The quantitative estimate of drug-likeness (QED) is 0.831. The maximum Gasteiger partial charge on any atom is 0.326 e. The van der Waals surface area contributed by atoms with E-state index in [9.17, 15) is 9.59 Å². The standard InChI is InChI=1S/C17H23N3O3/c1-5-15(21)18-12(4)17-19-13-8-6-7-9-14(13)20(17)10-16(22)23-11(2)3/h6-9,11-12H,5,10H2,1-4H3,(H,18,21). The van der Waals surface area contributed by atoms with Crippen molar-refractivity contribution in [2.24, 2.45) is 0 Å². The van der Waals surface area contributed by atoms with Crippen molar-refractivity contribution in [2.45, 2.75) is 52.8 Å². The number of imidazole rings is 1. The number of carbonyl (C=O) groups excluding carboxylic acids is 2. The molecule has 23 heavy (non-hydrogen) atoms. The van der Waals surface area contributed by atoms with Crippen LogP contribution < -0.4 is 5.32 Å². The molecule has 0 aliphatic heterocycles. The highest BCUT2D eigenvalue weighted by atomic mass is 16.5. The third-order valence-electron chi connectivity index (χ3n) is 3.42. The lowest BCUT2D eigenvalue weighted by molar-refractivity contribution is -0.148. The van der Waals surface area contributed by atoms with Crippen LogP contribution in [-0.4, -0.2) is 27.5 Å². The van der Waals surface area contributed by atoms with Crippen molar-refractivity contribution in [3.63, 3.8) is 0 Å². The van der Waals surface area contributed by atoms with Gasteiger partial charge in [-0.05, 0) is 32.9 Å². The van der Waals surface area contributed by atoms with E-state index in [1.54, 1.807) is 11.5 Å². The van der Waals surface area contributed by atoms with Crippen molar-refractivity contribution in [3.05, 3.63) is 30.1 Å². The van der Waals surface area contributed by atoms with E-state index in [1.165, 1.54) is 0 Å². The largest absolute Gasteiger partial charge is 0.462 e. The number of rotatable bonds is 6. The number of fused-ring (bicyclic) bond motifs is 1. The molecule has 0 saturated carbocycles. The highest BCUT2D eigenvalue weighted by Crippen LogP contribution is 2.21. The van der Waals surface area contributed by atoms with Crippen LogP contribution in [0.5, 0.6) is 0 Å². The van der Waals surface area contributed by atoms with E-state index < -0.39 is 0 Å². The Bertz CT molecular complexity index is 706. The first-order valence-corrected chi connectivity index (χ1v) is 7.86. The first-order valence-electron chi connectivity index (χ1n) is 7.86. The van der Waals surface area contributed by atoms with Crippen molar-refractivity contribution >= 4 is 22.9 Å². The Labute approximate surface area is 135 Å². The van der Waals surface area contributed by atoms with E-state index >= 15 is 0 Å². The average Bonchev–Trinajstić information content (AvgIpc) is 2.85. The summed E-state index contributed by atoms with van der Waals surface area (Å²) in [4.78, 5) is 28.3. The number of amides is 1. The minimum absolute atomic E-state index is 0.0548. The lowest BCUT2D eigenvalue weighted by Gasteiger charge is -2.16. The maximum atomic E-state index is 12.1. The Balaban J connectivity index is 2.37. The van der Waals surface area contributed by atoms with Gasteiger partial charge in [-0.2, -0.15) is 0 Å². The average molecular weight is 317 g/mol. The molecule has 6 nitrogen and oxygen atoms in total. The summed E-state index contributed by atoms with van der Waals surface area (Å²) in [6.45, 7) is 7.36. The number of esters is 1. The Morgan fingerprint density at radius 1 is 1.26 bits per heavy atom. The zero-order chi connectivity index (χ0) is 17.0. The lowest BCUT2D eigenvalue weighted by Crippen LogP contribution is -2.29. The van der Waals surface area contributed by atoms with Crippen LogP contribution >= 0.6 is 0 Å². The van der Waals surface area contributed by atoms with Gasteiger partial charge in [-0.15, -0.1) is 0 Å². The molecule has 124 valence electrons. The van der Waals surface area contributed by atoms with Gasteiger partial charge in [-0.3, -0.25) is 9.59 Å². The molecule has 0 aliphatic rings. The SMILES string of the molecule is CCC(=O)NC(C)c1nc2ccccc2n1CC(=O)OC(C)C. The van der Waals surface area contributed by atoms with Gasteiger partial charge in [0, 0.05) is 6.42 Å². The predicted molar refractivity (Wildman–Crippen MR) is 87.8 cm³/mol. The topological polar surface area (TPSA) is 73.2 Å². The molecule has 1 unspecified atom stereocenters. The zero-order valence-corrected chi connectivity index (χ0v) is 14.0. The third kappa shape index (κ3) is 4.09. The number of ether oxygens (including phenoxy) is 1. The molecule has 2 aromatic rings. The summed E-state index contributed by atoms with van der Waals surface area (Å²) in [6, 6.07) is 7.29. The van der Waals surface area contributed by atoms with Crippen LogP contribution in [0.3, 0.4) is 0 Å². The van der Waals surface area contributed by atoms with Crippen molar-refractivity contribution in [3.8, 4) is 0 Å². The molecule has 2 rings (SSSR count). The minimum Gasteiger partial charge on any atom is -0.462 e. The summed E-state index contributed by atoms with van der Waals surface area (Å²) in [6.07, 6.45) is 0.234. The van der Waals surface area contributed by atoms with Crippen LogP contribution in [0.4, 0.5) is 0 Å². The van der Waals surface area contributed by atoms with Gasteiger partial charge >= 0.3 is 5.97 Å². The molecule has 1 heterocycles. The number of nitrogens with zero attached hydrogens (tertiary/aromatic N) is 2. The van der Waals surface area contributed by atoms with Crippen LogP contribution in [0.25, 0.3) is 11.0 Å². The Morgan fingerprint density at radius 3 is 2.61 bits per heavy atom. The molecule has 0 spiro atoms. The molecule has 0 saturated heterocycles. The molecule has 0 radical (unpaired) electrons. The number of para-hydroxylation sites is 2. The van der Waals surface area contributed by atoms with Crippen LogP contribution in [-0.2, 0) is 20.9 Å². The fourth-order valence-corrected chi connectivity index (χ4v) is 2.43. The van der Waals surface area contributed by atoms with E-state index in [4.69, 9.17) is 4.74 Å². The van der Waals surface area contributed by atoms with Gasteiger partial charge in [0.1, 0.15) is 12.4 Å². The van der Waals surface area contributed by atoms with Gasteiger partial charge in [-0.25, -0.2) is 4.98 Å². The van der Waals surface area contributed by atoms with Crippen molar-refractivity contribution < 1.29 is 14.3 Å². The van der Waals surface area contributed by atoms with Gasteiger partial charge in [0.05, 0.1) is 23.2 Å². The molecule has 1 aromatic heterocycles. The number of nitrogens with one attached hydrogen (secondary N) is 1. The number of hydrogen-bond acceptors (Lipinski definition) is 4. The summed E-state index contributed by atoms with van der Waals surface area (Å²) in [5.41, 5.74) is 1.64. The van der Waals surface area contributed by atoms with Gasteiger partial charge in [0.15, 0.2) is 0 Å². The molecule has 1 atom stereocenters. The van der Waals surface area contributed by atoms with Gasteiger partial charge < -0.3 is 14.6 Å². The number of benzene rings is 1. The fourth-order valence-electron chi connectivity index (χ4n) is 2.43. The van der Waals surface area contributed by atoms with Crippen LogP contribution in [0.15, 0.2) is 24.3 Å². The van der Waals surface area contributed by atoms with Crippen LogP contribution in [0.2, 0.25) is 0 Å². The molecule has 1 amide bonds. The van der Waals surface area contributed by atoms with Gasteiger partial charge in [0.25, 0.3) is 0 Å². The van der Waals surface area contributed by atoms with Gasteiger partial charge in [0.2, 0.25) is 5.91 Å². The van der Waals surface area contributed by atoms with Crippen molar-refractivity contribution in [2.75, 3.05) is 0 Å². The molecule has 0 fully saturated rings.